The van der Waals surface area contributed by atoms with Crippen molar-refractivity contribution >= 4 is 17.4 Å². The van der Waals surface area contributed by atoms with E-state index in [4.69, 9.17) is 9.47 Å². The van der Waals surface area contributed by atoms with Crippen LogP contribution in [0.3, 0.4) is 0 Å². The fourth-order valence-corrected chi connectivity index (χ4v) is 4.78. The molecule has 202 valence electrons. The van der Waals surface area contributed by atoms with Crippen LogP contribution in [0.4, 0.5) is 0 Å². The van der Waals surface area contributed by atoms with Crippen molar-refractivity contribution in [1.29, 1.82) is 0 Å². The zero-order chi connectivity index (χ0) is 28.2. The number of Topliss-reactive ketones (excluding diaryl/α,β-unsaturated/α-hetero) is 1. The van der Waals surface area contributed by atoms with Crippen molar-refractivity contribution in [3.8, 4) is 17.2 Å². The SMILES string of the molecule is COc1cc(C2/C(=C(\O)c3ccc(OCc4cccc(C)c4)cc3)C(=O)C(=O)N2Cc2cccnc2)ccc1O. The van der Waals surface area contributed by atoms with E-state index in [-0.39, 0.29) is 29.4 Å². The summed E-state index contributed by atoms with van der Waals surface area (Å²) in [6, 6.07) is 21.9. The average molecular weight is 537 g/mol. The molecule has 2 N–H and O–H groups in total. The Morgan fingerprint density at radius 2 is 1.75 bits per heavy atom. The molecule has 4 aromatic rings. The number of likely N-dealkylation sites (tertiary alicyclic amines) is 1. The monoisotopic (exact) mass is 536 g/mol. The van der Waals surface area contributed by atoms with Crippen molar-refractivity contribution in [1.82, 2.24) is 9.88 Å². The number of carbonyl (C=O) groups excluding carboxylic acids is 2. The maximum absolute atomic E-state index is 13.3. The molecular weight excluding hydrogens is 508 g/mol. The Morgan fingerprint density at radius 1 is 0.975 bits per heavy atom. The van der Waals surface area contributed by atoms with Crippen LogP contribution in [0.5, 0.6) is 17.2 Å². The van der Waals surface area contributed by atoms with Gasteiger partial charge >= 0.3 is 0 Å². The number of rotatable bonds is 8. The minimum Gasteiger partial charge on any atom is -0.507 e. The standard InChI is InChI=1S/C32H28N2O6/c1-20-5-3-6-21(15-20)19-40-25-11-8-23(9-12-25)30(36)28-29(24-10-13-26(35)27(16-24)39-2)34(32(38)31(28)37)18-22-7-4-14-33-17-22/h3-17,29,35-36H,18-19H2,1-2H3/b30-28+. The van der Waals surface area contributed by atoms with Crippen LogP contribution in [-0.4, -0.2) is 38.9 Å². The first-order valence-electron chi connectivity index (χ1n) is 12.7. The molecule has 1 aliphatic heterocycles. The Hall–Kier alpha value is -5.11. The van der Waals surface area contributed by atoms with Crippen LogP contribution in [0.25, 0.3) is 5.76 Å². The van der Waals surface area contributed by atoms with Gasteiger partial charge in [-0.25, -0.2) is 0 Å². The number of aliphatic hydroxyl groups is 1. The number of amides is 1. The maximum atomic E-state index is 13.3. The summed E-state index contributed by atoms with van der Waals surface area (Å²) < 4.78 is 11.2. The largest absolute Gasteiger partial charge is 0.507 e. The van der Waals surface area contributed by atoms with Crippen LogP contribution < -0.4 is 9.47 Å². The molecule has 0 radical (unpaired) electrons. The van der Waals surface area contributed by atoms with Gasteiger partial charge in [-0.05, 0) is 66.1 Å². The van der Waals surface area contributed by atoms with Crippen LogP contribution in [0.15, 0.2) is 96.8 Å². The van der Waals surface area contributed by atoms with Crippen LogP contribution in [0.2, 0.25) is 0 Å². The lowest BCUT2D eigenvalue weighted by Gasteiger charge is -2.25. The van der Waals surface area contributed by atoms with Crippen molar-refractivity contribution in [3.05, 3.63) is 125 Å². The summed E-state index contributed by atoms with van der Waals surface area (Å²) in [5.41, 5.74) is 3.69. The number of ketones is 1. The molecule has 1 aromatic heterocycles. The molecule has 0 spiro atoms. The van der Waals surface area contributed by atoms with Crippen molar-refractivity contribution in [2.45, 2.75) is 26.1 Å². The molecule has 8 heteroatoms. The van der Waals surface area contributed by atoms with Gasteiger partial charge in [-0.2, -0.15) is 0 Å². The lowest BCUT2D eigenvalue weighted by atomic mass is 9.95. The molecule has 8 nitrogen and oxygen atoms in total. The number of phenols is 1. The molecule has 1 unspecified atom stereocenters. The Morgan fingerprint density at radius 3 is 2.45 bits per heavy atom. The number of pyridine rings is 1. The Balaban J connectivity index is 1.50. The van der Waals surface area contributed by atoms with Gasteiger partial charge in [0.25, 0.3) is 11.7 Å². The molecule has 1 atom stereocenters. The molecule has 5 rings (SSSR count). The van der Waals surface area contributed by atoms with E-state index >= 15 is 0 Å². The number of benzene rings is 3. The highest BCUT2D eigenvalue weighted by molar-refractivity contribution is 6.46. The molecular formula is C32H28N2O6. The smallest absolute Gasteiger partial charge is 0.295 e. The quantitative estimate of drug-likeness (QED) is 0.179. The molecule has 3 aromatic carbocycles. The number of phenolic OH excluding ortho intramolecular Hbond substituents is 1. The topological polar surface area (TPSA) is 109 Å². The highest BCUT2D eigenvalue weighted by Gasteiger charge is 2.46. The van der Waals surface area contributed by atoms with Crippen molar-refractivity contribution in [2.75, 3.05) is 7.11 Å². The average Bonchev–Trinajstić information content (AvgIpc) is 3.22. The molecule has 1 fully saturated rings. The van der Waals surface area contributed by atoms with Crippen LogP contribution in [0.1, 0.15) is 33.9 Å². The number of methoxy groups -OCH3 is 1. The van der Waals surface area contributed by atoms with E-state index in [1.54, 1.807) is 60.9 Å². The Kier molecular flexibility index (Phi) is 7.50. The van der Waals surface area contributed by atoms with Gasteiger partial charge in [-0.15, -0.1) is 0 Å². The first-order valence-corrected chi connectivity index (χ1v) is 12.7. The minimum absolute atomic E-state index is 0.0601. The number of nitrogens with zero attached hydrogens (tertiary/aromatic N) is 2. The third-order valence-corrected chi connectivity index (χ3v) is 6.75. The highest BCUT2D eigenvalue weighted by atomic mass is 16.5. The van der Waals surface area contributed by atoms with Crippen LogP contribution in [0, 0.1) is 6.92 Å². The molecule has 2 heterocycles. The minimum atomic E-state index is -0.924. The molecule has 1 saturated heterocycles. The molecule has 1 amide bonds. The number of hydrogen-bond acceptors (Lipinski definition) is 7. The lowest BCUT2D eigenvalue weighted by molar-refractivity contribution is -0.140. The van der Waals surface area contributed by atoms with E-state index in [9.17, 15) is 19.8 Å². The summed E-state index contributed by atoms with van der Waals surface area (Å²) in [6.07, 6.45) is 3.23. The molecule has 0 aliphatic carbocycles. The first-order chi connectivity index (χ1) is 19.4. The highest BCUT2D eigenvalue weighted by Crippen LogP contribution is 2.42. The third-order valence-electron chi connectivity index (χ3n) is 6.75. The second-order valence-corrected chi connectivity index (χ2v) is 9.52. The van der Waals surface area contributed by atoms with E-state index in [1.807, 2.05) is 31.2 Å². The van der Waals surface area contributed by atoms with E-state index in [0.29, 0.717) is 23.5 Å². The van der Waals surface area contributed by atoms with Crippen LogP contribution in [-0.2, 0) is 22.7 Å². The van der Waals surface area contributed by atoms with E-state index < -0.39 is 17.7 Å². The zero-order valence-electron chi connectivity index (χ0n) is 22.1. The number of aromatic nitrogens is 1. The first kappa shape index (κ1) is 26.5. The predicted octanol–water partition coefficient (Wildman–Crippen LogP) is 5.31. The van der Waals surface area contributed by atoms with Gasteiger partial charge in [0.05, 0.1) is 18.7 Å². The Bertz CT molecular complexity index is 1580. The lowest BCUT2D eigenvalue weighted by Crippen LogP contribution is -2.29. The van der Waals surface area contributed by atoms with Gasteiger partial charge in [-0.3, -0.25) is 14.6 Å². The van der Waals surface area contributed by atoms with Gasteiger partial charge in [0.2, 0.25) is 0 Å². The predicted molar refractivity (Wildman–Crippen MR) is 149 cm³/mol. The number of ether oxygens (including phenoxy) is 2. The Labute approximate surface area is 231 Å². The van der Waals surface area contributed by atoms with Crippen molar-refractivity contribution in [2.24, 2.45) is 0 Å². The summed E-state index contributed by atoms with van der Waals surface area (Å²) >= 11 is 0. The van der Waals surface area contributed by atoms with Gasteiger partial charge in [0.15, 0.2) is 11.5 Å². The van der Waals surface area contributed by atoms with Gasteiger partial charge in [0, 0.05) is 24.5 Å². The molecule has 40 heavy (non-hydrogen) atoms. The summed E-state index contributed by atoms with van der Waals surface area (Å²) in [5.74, 6) is -1.18. The number of hydrogen-bond donors (Lipinski definition) is 2. The fourth-order valence-electron chi connectivity index (χ4n) is 4.78. The van der Waals surface area contributed by atoms with Crippen molar-refractivity contribution in [3.63, 3.8) is 0 Å². The second kappa shape index (κ2) is 11.3. The number of carbonyl (C=O) groups is 2. The van der Waals surface area contributed by atoms with Crippen LogP contribution >= 0.6 is 0 Å². The summed E-state index contributed by atoms with van der Waals surface area (Å²) in [5, 5.41) is 21.5. The number of aryl methyl sites for hydroxylation is 1. The third kappa shape index (κ3) is 5.37. The summed E-state index contributed by atoms with van der Waals surface area (Å²) in [6.45, 7) is 2.49. The molecule has 0 bridgehead atoms. The van der Waals surface area contributed by atoms with Gasteiger partial charge in [-0.1, -0.05) is 42.0 Å². The van der Waals surface area contributed by atoms with Gasteiger partial charge < -0.3 is 24.6 Å². The number of aliphatic hydroxyl groups excluding tert-OH is 1. The summed E-state index contributed by atoms with van der Waals surface area (Å²) in [7, 11) is 1.41. The normalized spacial score (nSPS) is 16.2. The maximum Gasteiger partial charge on any atom is 0.295 e. The van der Waals surface area contributed by atoms with E-state index in [1.165, 1.54) is 18.1 Å². The van der Waals surface area contributed by atoms with E-state index in [2.05, 4.69) is 4.98 Å². The van der Waals surface area contributed by atoms with Gasteiger partial charge in [0.1, 0.15) is 18.1 Å². The molecule has 0 saturated carbocycles. The second-order valence-electron chi connectivity index (χ2n) is 9.52. The fraction of sp³-hybridized carbons (Fsp3) is 0.156. The number of aromatic hydroxyl groups is 1. The molecule has 1 aliphatic rings. The zero-order valence-corrected chi connectivity index (χ0v) is 22.1. The van der Waals surface area contributed by atoms with E-state index in [0.717, 1.165) is 16.7 Å². The summed E-state index contributed by atoms with van der Waals surface area (Å²) in [4.78, 5) is 32.1. The van der Waals surface area contributed by atoms with Crippen molar-refractivity contribution < 1.29 is 29.3 Å².